The van der Waals surface area contributed by atoms with Crippen LogP contribution in [0.3, 0.4) is 0 Å². The van der Waals surface area contributed by atoms with Crippen LogP contribution in [0.15, 0.2) is 59.1 Å². The number of amidine groups is 1. The van der Waals surface area contributed by atoms with Crippen LogP contribution in [0.1, 0.15) is 64.4 Å². The Morgan fingerprint density at radius 2 is 1.74 bits per heavy atom. The summed E-state index contributed by atoms with van der Waals surface area (Å²) in [6.45, 7) is 16.3. The van der Waals surface area contributed by atoms with Crippen LogP contribution in [0, 0.1) is 0 Å². The number of phenols is 1. The molecule has 178 valence electrons. The number of nitrogens with one attached hydrogen (secondary N) is 1. The number of benzene rings is 2. The topological polar surface area (TPSA) is 77.3 Å². The summed E-state index contributed by atoms with van der Waals surface area (Å²) in [5, 5.41) is 22.6. The third-order valence-electron chi connectivity index (χ3n) is 5.90. The Labute approximate surface area is 205 Å². The SMILES string of the molecule is C=CCSC1=NN2C(=c3ccccc3=NC2c2cc(C(C)(C)C)c(O)c(C(C)(C)C)c2)C(=O)N1. The summed E-state index contributed by atoms with van der Waals surface area (Å²) < 4.78 is 0. The van der Waals surface area contributed by atoms with Gasteiger partial charge in [0.25, 0.3) is 5.91 Å². The minimum atomic E-state index is -0.543. The second-order valence-corrected chi connectivity index (χ2v) is 11.6. The molecule has 0 saturated heterocycles. The summed E-state index contributed by atoms with van der Waals surface area (Å²) in [5.41, 5.74) is 2.47. The fraction of sp³-hybridized carbons (Fsp3) is 0.370. The number of fused-ring (bicyclic) bond motifs is 2. The number of para-hydroxylation sites is 1. The molecule has 0 radical (unpaired) electrons. The van der Waals surface area contributed by atoms with E-state index in [1.165, 1.54) is 11.8 Å². The van der Waals surface area contributed by atoms with Gasteiger partial charge in [0.05, 0.1) is 5.36 Å². The van der Waals surface area contributed by atoms with E-state index in [4.69, 9.17) is 10.1 Å². The van der Waals surface area contributed by atoms with E-state index in [-0.39, 0.29) is 16.7 Å². The van der Waals surface area contributed by atoms with E-state index in [1.807, 2.05) is 36.4 Å². The van der Waals surface area contributed by atoms with Crippen LogP contribution < -0.4 is 15.9 Å². The van der Waals surface area contributed by atoms with Gasteiger partial charge in [0.2, 0.25) is 0 Å². The van der Waals surface area contributed by atoms with E-state index in [0.29, 0.717) is 22.4 Å². The Balaban J connectivity index is 2.00. The van der Waals surface area contributed by atoms with Gasteiger partial charge in [-0.3, -0.25) is 15.1 Å². The molecule has 2 aliphatic heterocycles. The zero-order valence-electron chi connectivity index (χ0n) is 20.6. The molecule has 0 spiro atoms. The summed E-state index contributed by atoms with van der Waals surface area (Å²) in [7, 11) is 0. The van der Waals surface area contributed by atoms with Gasteiger partial charge in [-0.15, -0.1) is 11.7 Å². The van der Waals surface area contributed by atoms with E-state index >= 15 is 0 Å². The standard InChI is InChI=1S/C27H32N4O2S/c1-8-13-34-25-29-24(33)21-17-11-9-10-12-20(17)28-23(31(21)30-25)16-14-18(26(2,3)4)22(32)19(15-16)27(5,6)7/h8-12,14-15,23,32H,1,13H2,2-7H3,(H,29,30,33). The molecular weight excluding hydrogens is 444 g/mol. The first-order valence-electron chi connectivity index (χ1n) is 11.4. The number of carbonyl (C=O) groups excluding carboxylic acids is 1. The smallest absolute Gasteiger partial charge is 0.276 e. The second-order valence-electron chi connectivity index (χ2n) is 10.6. The van der Waals surface area contributed by atoms with E-state index < -0.39 is 6.17 Å². The van der Waals surface area contributed by atoms with Crippen LogP contribution >= 0.6 is 11.8 Å². The molecule has 7 heteroatoms. The first kappa shape index (κ1) is 24.1. The van der Waals surface area contributed by atoms with E-state index in [9.17, 15) is 9.90 Å². The summed E-state index contributed by atoms with van der Waals surface area (Å²) in [4.78, 5) is 18.3. The number of hydrogen-bond acceptors (Lipinski definition) is 6. The maximum absolute atomic E-state index is 13.3. The summed E-state index contributed by atoms with van der Waals surface area (Å²) in [6.07, 6.45) is 1.23. The molecule has 1 amide bonds. The monoisotopic (exact) mass is 476 g/mol. The molecule has 0 aromatic heterocycles. The molecule has 0 fully saturated rings. The lowest BCUT2D eigenvalue weighted by molar-refractivity contribution is -0.116. The maximum Gasteiger partial charge on any atom is 0.276 e. The van der Waals surface area contributed by atoms with E-state index in [2.05, 4.69) is 53.4 Å². The molecule has 2 N–H and O–H groups in total. The van der Waals surface area contributed by atoms with E-state index in [1.54, 1.807) is 11.1 Å². The lowest BCUT2D eigenvalue weighted by Crippen LogP contribution is -2.50. The van der Waals surface area contributed by atoms with Crippen molar-refractivity contribution in [1.29, 1.82) is 0 Å². The van der Waals surface area contributed by atoms with Gasteiger partial charge in [-0.2, -0.15) is 0 Å². The number of nitrogens with zero attached hydrogens (tertiary/aromatic N) is 3. The molecule has 0 bridgehead atoms. The van der Waals surface area contributed by atoms with Gasteiger partial charge >= 0.3 is 0 Å². The Morgan fingerprint density at radius 3 is 2.32 bits per heavy atom. The van der Waals surface area contributed by atoms with Gasteiger partial charge in [0.15, 0.2) is 11.3 Å². The van der Waals surface area contributed by atoms with Crippen molar-refractivity contribution in [3.05, 3.63) is 76.3 Å². The highest BCUT2D eigenvalue weighted by Gasteiger charge is 2.36. The van der Waals surface area contributed by atoms with Crippen LogP contribution in [0.25, 0.3) is 5.70 Å². The van der Waals surface area contributed by atoms with Crippen molar-refractivity contribution in [2.75, 3.05) is 5.75 Å². The lowest BCUT2D eigenvalue weighted by Gasteiger charge is -2.35. The van der Waals surface area contributed by atoms with Crippen molar-refractivity contribution in [2.24, 2.45) is 10.1 Å². The van der Waals surface area contributed by atoms with Crippen LogP contribution in [0.2, 0.25) is 0 Å². The fourth-order valence-corrected chi connectivity index (χ4v) is 4.78. The highest BCUT2D eigenvalue weighted by atomic mass is 32.2. The largest absolute Gasteiger partial charge is 0.507 e. The molecule has 0 aliphatic carbocycles. The molecule has 2 aromatic carbocycles. The Morgan fingerprint density at radius 1 is 1.12 bits per heavy atom. The number of carbonyl (C=O) groups is 1. The van der Waals surface area contributed by atoms with Gasteiger partial charge in [-0.05, 0) is 45.7 Å². The molecule has 6 nitrogen and oxygen atoms in total. The zero-order chi connectivity index (χ0) is 24.8. The Hall–Kier alpha value is -3.06. The summed E-state index contributed by atoms with van der Waals surface area (Å²) >= 11 is 1.42. The number of hydrogen-bond donors (Lipinski definition) is 2. The van der Waals surface area contributed by atoms with Crippen molar-refractivity contribution in [2.45, 2.75) is 58.5 Å². The highest BCUT2D eigenvalue weighted by molar-refractivity contribution is 8.14. The van der Waals surface area contributed by atoms with Gasteiger partial charge < -0.3 is 5.11 Å². The number of thioether (sulfide) groups is 1. The average Bonchev–Trinajstić information content (AvgIpc) is 2.75. The third kappa shape index (κ3) is 4.37. The normalized spacial score (nSPS) is 17.9. The summed E-state index contributed by atoms with van der Waals surface area (Å²) in [6, 6.07) is 11.6. The fourth-order valence-electron chi connectivity index (χ4n) is 4.20. The van der Waals surface area contributed by atoms with Crippen molar-refractivity contribution >= 4 is 28.5 Å². The second kappa shape index (κ2) is 8.62. The van der Waals surface area contributed by atoms with Gasteiger partial charge in [-0.1, -0.05) is 77.6 Å². The molecule has 0 saturated carbocycles. The first-order valence-corrected chi connectivity index (χ1v) is 12.4. The third-order valence-corrected chi connectivity index (χ3v) is 6.76. The highest BCUT2D eigenvalue weighted by Crippen LogP contribution is 2.42. The number of aromatic hydroxyl groups is 1. The quantitative estimate of drug-likeness (QED) is 0.656. The van der Waals surface area contributed by atoms with Crippen LogP contribution in [-0.2, 0) is 15.6 Å². The van der Waals surface area contributed by atoms with Crippen LogP contribution in [0.4, 0.5) is 0 Å². The molecule has 34 heavy (non-hydrogen) atoms. The van der Waals surface area contributed by atoms with Crippen molar-refractivity contribution in [3.8, 4) is 5.75 Å². The molecule has 2 heterocycles. The minimum absolute atomic E-state index is 0.209. The van der Waals surface area contributed by atoms with Crippen molar-refractivity contribution < 1.29 is 9.90 Å². The predicted octanol–water partition coefficient (Wildman–Crippen LogP) is 4.05. The maximum atomic E-state index is 13.3. The van der Waals surface area contributed by atoms with Gasteiger partial charge in [0, 0.05) is 11.0 Å². The van der Waals surface area contributed by atoms with Gasteiger partial charge in [-0.25, -0.2) is 5.01 Å². The number of rotatable bonds is 3. The Kier molecular flexibility index (Phi) is 6.10. The van der Waals surface area contributed by atoms with Gasteiger partial charge in [0.1, 0.15) is 11.4 Å². The van der Waals surface area contributed by atoms with E-state index in [0.717, 1.165) is 27.3 Å². The molecular formula is C27H32N4O2S. The Bertz CT molecular complexity index is 1280. The zero-order valence-corrected chi connectivity index (χ0v) is 21.5. The first-order chi connectivity index (χ1) is 15.9. The summed E-state index contributed by atoms with van der Waals surface area (Å²) in [5.74, 6) is 0.730. The predicted molar refractivity (Wildman–Crippen MR) is 139 cm³/mol. The molecule has 2 aliphatic rings. The molecule has 4 rings (SSSR count). The minimum Gasteiger partial charge on any atom is -0.507 e. The molecule has 1 unspecified atom stereocenters. The van der Waals surface area contributed by atoms with Crippen molar-refractivity contribution in [1.82, 2.24) is 10.3 Å². The number of phenolic OH excluding ortho intramolecular Hbond substituents is 1. The van der Waals surface area contributed by atoms with Crippen LogP contribution in [-0.4, -0.2) is 26.9 Å². The average molecular weight is 477 g/mol. The number of hydrazone groups is 1. The van der Waals surface area contributed by atoms with Crippen LogP contribution in [0.5, 0.6) is 5.75 Å². The lowest BCUT2D eigenvalue weighted by atomic mass is 9.78. The number of amides is 1. The van der Waals surface area contributed by atoms with Crippen molar-refractivity contribution in [3.63, 3.8) is 0 Å². The molecule has 1 atom stereocenters. The molecule has 2 aromatic rings.